The number of hydrogen-bond donors (Lipinski definition) is 1. The number of nitro benzene ring substituents is 1. The number of benzene rings is 1. The third-order valence-corrected chi connectivity index (χ3v) is 3.33. The summed E-state index contributed by atoms with van der Waals surface area (Å²) in [5.41, 5.74) is 0.121. The lowest BCUT2D eigenvalue weighted by atomic mass is 10.3. The van der Waals surface area contributed by atoms with Crippen molar-refractivity contribution in [3.05, 3.63) is 34.4 Å². The van der Waals surface area contributed by atoms with Crippen molar-refractivity contribution in [2.24, 2.45) is 0 Å². The van der Waals surface area contributed by atoms with Crippen molar-refractivity contribution in [2.75, 3.05) is 12.8 Å². The average molecular weight is 251 g/mol. The quantitative estimate of drug-likeness (QED) is 0.476. The van der Waals surface area contributed by atoms with Gasteiger partial charge in [0.05, 0.1) is 21.9 Å². The van der Waals surface area contributed by atoms with Crippen LogP contribution in [0.5, 0.6) is 0 Å². The molecule has 0 saturated heterocycles. The molecule has 0 heterocycles. The molecule has 90 valence electrons. The van der Waals surface area contributed by atoms with Crippen LogP contribution in [-0.4, -0.2) is 23.8 Å². The lowest BCUT2D eigenvalue weighted by molar-refractivity contribution is -0.387. The summed E-state index contributed by atoms with van der Waals surface area (Å²) in [7, 11) is 1.73. The molecule has 0 aliphatic heterocycles. The van der Waals surface area contributed by atoms with Crippen LogP contribution in [0.15, 0.2) is 29.2 Å². The maximum Gasteiger partial charge on any atom is 0.282 e. The summed E-state index contributed by atoms with van der Waals surface area (Å²) in [5.74, 6) is 0.671. The summed E-state index contributed by atoms with van der Waals surface area (Å²) in [6.45, 7) is 0. The van der Waals surface area contributed by atoms with Gasteiger partial charge < -0.3 is 5.32 Å². The molecule has 0 radical (unpaired) electrons. The van der Waals surface area contributed by atoms with Crippen LogP contribution < -0.4 is 5.32 Å². The van der Waals surface area contributed by atoms with Crippen LogP contribution >= 0.6 is 11.8 Å². The molecule has 1 aromatic carbocycles. The summed E-state index contributed by atoms with van der Waals surface area (Å²) >= 11 is 1.40. The van der Waals surface area contributed by atoms with E-state index in [1.54, 1.807) is 25.2 Å². The van der Waals surface area contributed by atoms with Crippen molar-refractivity contribution >= 4 is 17.4 Å². The molecule has 0 aromatic heterocycles. The van der Waals surface area contributed by atoms with E-state index in [-0.39, 0.29) is 16.7 Å². The van der Waals surface area contributed by atoms with Crippen LogP contribution in [0.25, 0.3) is 0 Å². The Labute approximate surface area is 104 Å². The molecule has 1 atom stereocenters. The SMILES string of the molecule is CNC(C#N)CCSc1ccccc1[N+](=O)[O-]. The Kier molecular flexibility index (Phi) is 5.46. The Balaban J connectivity index is 2.58. The second-order valence-corrected chi connectivity index (χ2v) is 4.47. The Morgan fingerprint density at radius 3 is 2.88 bits per heavy atom. The van der Waals surface area contributed by atoms with Gasteiger partial charge in [-0.25, -0.2) is 0 Å². The topological polar surface area (TPSA) is 79.0 Å². The van der Waals surface area contributed by atoms with Gasteiger partial charge in [0.15, 0.2) is 0 Å². The van der Waals surface area contributed by atoms with E-state index in [1.165, 1.54) is 17.8 Å². The Hall–Kier alpha value is -1.58. The highest BCUT2D eigenvalue weighted by molar-refractivity contribution is 7.99. The maximum atomic E-state index is 10.8. The zero-order valence-electron chi connectivity index (χ0n) is 9.42. The smallest absolute Gasteiger partial charge is 0.282 e. The number of nitrogens with zero attached hydrogens (tertiary/aromatic N) is 2. The first-order chi connectivity index (χ1) is 8.19. The summed E-state index contributed by atoms with van der Waals surface area (Å²) in [4.78, 5) is 11.0. The van der Waals surface area contributed by atoms with Crippen LogP contribution in [0, 0.1) is 21.4 Å². The molecular weight excluding hydrogens is 238 g/mol. The highest BCUT2D eigenvalue weighted by Crippen LogP contribution is 2.29. The largest absolute Gasteiger partial charge is 0.305 e. The van der Waals surface area contributed by atoms with Gasteiger partial charge in [-0.05, 0) is 19.5 Å². The third-order valence-electron chi connectivity index (χ3n) is 2.23. The summed E-state index contributed by atoms with van der Waals surface area (Å²) in [6.07, 6.45) is 0.656. The standard InChI is InChI=1S/C11H13N3O2S/c1-13-9(8-12)6-7-17-11-5-3-2-4-10(11)14(15)16/h2-5,9,13H,6-7H2,1H3. The number of rotatable bonds is 6. The van der Waals surface area contributed by atoms with Crippen molar-refractivity contribution in [1.29, 1.82) is 5.26 Å². The van der Waals surface area contributed by atoms with Crippen molar-refractivity contribution in [3.63, 3.8) is 0 Å². The van der Waals surface area contributed by atoms with Crippen LogP contribution in [0.2, 0.25) is 0 Å². The predicted molar refractivity (Wildman–Crippen MR) is 66.9 cm³/mol. The second-order valence-electron chi connectivity index (χ2n) is 3.33. The Morgan fingerprint density at radius 2 is 2.29 bits per heavy atom. The second kappa shape index (κ2) is 6.89. The van der Waals surface area contributed by atoms with E-state index in [4.69, 9.17) is 5.26 Å². The minimum atomic E-state index is -0.387. The molecular formula is C11H13N3O2S. The number of nitrogens with one attached hydrogen (secondary N) is 1. The van der Waals surface area contributed by atoms with Gasteiger partial charge in [-0.3, -0.25) is 10.1 Å². The molecule has 0 saturated carbocycles. The molecule has 17 heavy (non-hydrogen) atoms. The highest BCUT2D eigenvalue weighted by atomic mass is 32.2. The van der Waals surface area contributed by atoms with Crippen LogP contribution in [0.3, 0.4) is 0 Å². The fraction of sp³-hybridized carbons (Fsp3) is 0.364. The van der Waals surface area contributed by atoms with Crippen LogP contribution in [0.1, 0.15) is 6.42 Å². The summed E-state index contributed by atoms with van der Waals surface area (Å²) in [5, 5.41) is 22.4. The number of nitro groups is 1. The number of thioether (sulfide) groups is 1. The van der Waals surface area contributed by atoms with Crippen molar-refractivity contribution in [3.8, 4) is 6.07 Å². The maximum absolute atomic E-state index is 10.8. The van der Waals surface area contributed by atoms with Gasteiger partial charge in [-0.2, -0.15) is 5.26 Å². The van der Waals surface area contributed by atoms with E-state index >= 15 is 0 Å². The van der Waals surface area contributed by atoms with Crippen molar-refractivity contribution in [2.45, 2.75) is 17.4 Å². The van der Waals surface area contributed by atoms with Crippen molar-refractivity contribution in [1.82, 2.24) is 5.32 Å². The third kappa shape index (κ3) is 4.06. The van der Waals surface area contributed by atoms with Gasteiger partial charge in [-0.15, -0.1) is 11.8 Å². The van der Waals surface area contributed by atoms with Gasteiger partial charge in [0.25, 0.3) is 5.69 Å². The number of nitriles is 1. The minimum Gasteiger partial charge on any atom is -0.305 e. The van der Waals surface area contributed by atoms with E-state index in [0.29, 0.717) is 17.1 Å². The molecule has 0 aliphatic rings. The van der Waals surface area contributed by atoms with E-state index in [9.17, 15) is 10.1 Å². The predicted octanol–water partition coefficient (Wildman–Crippen LogP) is 2.19. The molecule has 1 unspecified atom stereocenters. The molecule has 5 nitrogen and oxygen atoms in total. The van der Waals surface area contributed by atoms with Crippen LogP contribution in [0.4, 0.5) is 5.69 Å². The molecule has 0 fully saturated rings. The Bertz CT molecular complexity index is 431. The van der Waals surface area contributed by atoms with Gasteiger partial charge in [0.1, 0.15) is 0 Å². The first kappa shape index (κ1) is 13.5. The van der Waals surface area contributed by atoms with Crippen molar-refractivity contribution < 1.29 is 4.92 Å². The molecule has 0 spiro atoms. The van der Waals surface area contributed by atoms with Gasteiger partial charge in [0, 0.05) is 11.8 Å². The summed E-state index contributed by atoms with van der Waals surface area (Å²) in [6, 6.07) is 8.55. The molecule has 0 aliphatic carbocycles. The molecule has 0 amide bonds. The summed E-state index contributed by atoms with van der Waals surface area (Å²) < 4.78 is 0. The van der Waals surface area contributed by atoms with Gasteiger partial charge in [0.2, 0.25) is 0 Å². The molecule has 1 rings (SSSR count). The zero-order valence-corrected chi connectivity index (χ0v) is 10.2. The normalized spacial score (nSPS) is 11.8. The van der Waals surface area contributed by atoms with E-state index in [2.05, 4.69) is 11.4 Å². The fourth-order valence-electron chi connectivity index (χ4n) is 1.29. The average Bonchev–Trinajstić information content (AvgIpc) is 2.35. The fourth-order valence-corrected chi connectivity index (χ4v) is 2.33. The monoisotopic (exact) mass is 251 g/mol. The van der Waals surface area contributed by atoms with Gasteiger partial charge in [-0.1, -0.05) is 12.1 Å². The van der Waals surface area contributed by atoms with E-state index in [0.717, 1.165) is 0 Å². The minimum absolute atomic E-state index is 0.121. The number of para-hydroxylation sites is 1. The lowest BCUT2D eigenvalue weighted by Crippen LogP contribution is -2.23. The first-order valence-corrected chi connectivity index (χ1v) is 6.10. The van der Waals surface area contributed by atoms with Crippen LogP contribution in [-0.2, 0) is 0 Å². The zero-order chi connectivity index (χ0) is 12.7. The first-order valence-electron chi connectivity index (χ1n) is 5.12. The van der Waals surface area contributed by atoms with E-state index in [1.807, 2.05) is 0 Å². The van der Waals surface area contributed by atoms with Gasteiger partial charge >= 0.3 is 0 Å². The molecule has 1 aromatic rings. The Morgan fingerprint density at radius 1 is 1.59 bits per heavy atom. The lowest BCUT2D eigenvalue weighted by Gasteiger charge is -2.06. The molecule has 6 heteroatoms. The number of hydrogen-bond acceptors (Lipinski definition) is 5. The molecule has 1 N–H and O–H groups in total. The molecule has 0 bridgehead atoms. The highest BCUT2D eigenvalue weighted by Gasteiger charge is 2.13. The van der Waals surface area contributed by atoms with E-state index < -0.39 is 0 Å².